The molecule has 0 aliphatic carbocycles. The third-order valence-corrected chi connectivity index (χ3v) is 7.28. The van der Waals surface area contributed by atoms with Crippen molar-refractivity contribution in [1.29, 1.82) is 0 Å². The maximum Gasteiger partial charge on any atom is 0.255 e. The summed E-state index contributed by atoms with van der Waals surface area (Å²) in [6, 6.07) is 13.0. The van der Waals surface area contributed by atoms with E-state index < -0.39 is 0 Å². The Kier molecular flexibility index (Phi) is 5.19. The number of carbonyl (C=O) groups is 1. The maximum absolute atomic E-state index is 12.7. The molecule has 26 heavy (non-hydrogen) atoms. The van der Waals surface area contributed by atoms with E-state index in [2.05, 4.69) is 15.4 Å². The van der Waals surface area contributed by atoms with Crippen LogP contribution in [0.3, 0.4) is 0 Å². The van der Waals surface area contributed by atoms with E-state index in [0.717, 1.165) is 0 Å². The van der Waals surface area contributed by atoms with Gasteiger partial charge in [-0.05, 0) is 35.9 Å². The van der Waals surface area contributed by atoms with Gasteiger partial charge < -0.3 is 5.32 Å². The molecule has 1 fully saturated rings. The largest absolute Gasteiger partial charge is 0.320 e. The van der Waals surface area contributed by atoms with Crippen LogP contribution in [0.15, 0.2) is 55.1 Å². The number of anilines is 1. The molecule has 4 rings (SSSR count). The fourth-order valence-corrected chi connectivity index (χ4v) is 5.71. The topological polar surface area (TPSA) is 59.8 Å². The predicted octanol–water partition coefficient (Wildman–Crippen LogP) is 4.65. The Hall–Kier alpha value is -1.96. The van der Waals surface area contributed by atoms with E-state index in [1.165, 1.54) is 23.4 Å². The Morgan fingerprint density at radius 1 is 1.15 bits per heavy atom. The molecule has 1 aliphatic heterocycles. The van der Waals surface area contributed by atoms with E-state index in [9.17, 15) is 4.79 Å². The fourth-order valence-electron chi connectivity index (χ4n) is 2.68. The Labute approximate surface area is 164 Å². The molecule has 132 valence electrons. The van der Waals surface area contributed by atoms with Crippen LogP contribution in [0.1, 0.15) is 20.5 Å². The van der Waals surface area contributed by atoms with Crippen molar-refractivity contribution < 1.29 is 4.79 Å². The number of aromatic nitrogens is 3. The zero-order chi connectivity index (χ0) is 17.9. The number of benzene rings is 2. The Morgan fingerprint density at radius 3 is 2.62 bits per heavy atom. The summed E-state index contributed by atoms with van der Waals surface area (Å²) in [5.74, 6) is 2.17. The van der Waals surface area contributed by atoms with Crippen molar-refractivity contribution >= 4 is 46.7 Å². The summed E-state index contributed by atoms with van der Waals surface area (Å²) in [5, 5.41) is 7.58. The first-order chi connectivity index (χ1) is 12.7. The fraction of sp³-hybridized carbons (Fsp3) is 0.167. The van der Waals surface area contributed by atoms with Crippen LogP contribution in [0.5, 0.6) is 0 Å². The molecule has 0 saturated carbocycles. The van der Waals surface area contributed by atoms with Gasteiger partial charge in [-0.2, -0.15) is 5.10 Å². The van der Waals surface area contributed by atoms with Gasteiger partial charge in [-0.1, -0.05) is 23.7 Å². The molecule has 2 aromatic carbocycles. The quantitative estimate of drug-likeness (QED) is 0.688. The predicted molar refractivity (Wildman–Crippen MR) is 108 cm³/mol. The van der Waals surface area contributed by atoms with E-state index in [-0.39, 0.29) is 5.91 Å². The summed E-state index contributed by atoms with van der Waals surface area (Å²) in [6.45, 7) is 0. The minimum absolute atomic E-state index is 0.188. The number of nitrogens with zero attached hydrogens (tertiary/aromatic N) is 3. The average molecular weight is 403 g/mol. The summed E-state index contributed by atoms with van der Waals surface area (Å²) in [5.41, 5.74) is 3.14. The van der Waals surface area contributed by atoms with Crippen LogP contribution < -0.4 is 5.32 Å². The summed E-state index contributed by atoms with van der Waals surface area (Å²) < 4.78 is 2.06. The van der Waals surface area contributed by atoms with Gasteiger partial charge in [-0.3, -0.25) is 4.79 Å². The highest BCUT2D eigenvalue weighted by Gasteiger charge is 2.18. The van der Waals surface area contributed by atoms with Gasteiger partial charge >= 0.3 is 0 Å². The Morgan fingerprint density at radius 2 is 1.92 bits per heavy atom. The molecule has 0 bridgehead atoms. The van der Waals surface area contributed by atoms with Crippen LogP contribution >= 0.6 is 35.1 Å². The molecule has 1 aromatic heterocycles. The maximum atomic E-state index is 12.7. The molecule has 8 heteroatoms. The molecule has 2 heterocycles. The molecule has 1 saturated heterocycles. The summed E-state index contributed by atoms with van der Waals surface area (Å²) in [7, 11) is 0. The molecule has 1 amide bonds. The zero-order valence-corrected chi connectivity index (χ0v) is 16.0. The summed E-state index contributed by atoms with van der Waals surface area (Å²) in [4.78, 5) is 16.6. The lowest BCUT2D eigenvalue weighted by atomic mass is 10.1. The SMILES string of the molecule is O=C(Nc1cc(Cl)ccc1-n1cncn1)c1ccc(C2SCCS2)cc1. The standard InChI is InChI=1S/C18H15ClN4OS2/c19-14-5-6-16(23-11-20-10-21-23)15(9-14)22-17(24)12-1-3-13(4-2-12)18-25-7-8-26-18/h1-6,9-11,18H,7-8H2,(H,22,24). The molecule has 0 spiro atoms. The number of carbonyl (C=O) groups excluding carboxylic acids is 1. The molecule has 1 N–H and O–H groups in total. The van der Waals surface area contributed by atoms with Gasteiger partial charge in [0, 0.05) is 22.1 Å². The van der Waals surface area contributed by atoms with Crippen molar-refractivity contribution in [2.45, 2.75) is 4.58 Å². The van der Waals surface area contributed by atoms with Crippen molar-refractivity contribution in [2.75, 3.05) is 16.8 Å². The minimum Gasteiger partial charge on any atom is -0.320 e. The first kappa shape index (κ1) is 17.5. The van der Waals surface area contributed by atoms with E-state index in [4.69, 9.17) is 11.6 Å². The van der Waals surface area contributed by atoms with Gasteiger partial charge in [0.25, 0.3) is 5.91 Å². The lowest BCUT2D eigenvalue weighted by molar-refractivity contribution is 0.102. The Balaban J connectivity index is 1.55. The molecular weight excluding hydrogens is 388 g/mol. The van der Waals surface area contributed by atoms with Crippen LogP contribution in [-0.4, -0.2) is 32.2 Å². The van der Waals surface area contributed by atoms with Crippen LogP contribution in [0.2, 0.25) is 5.02 Å². The molecule has 0 radical (unpaired) electrons. The first-order valence-electron chi connectivity index (χ1n) is 8.00. The number of rotatable bonds is 4. The number of thioether (sulfide) groups is 2. The van der Waals surface area contributed by atoms with E-state index in [1.54, 1.807) is 29.2 Å². The minimum atomic E-state index is -0.188. The van der Waals surface area contributed by atoms with Crippen LogP contribution in [0.4, 0.5) is 5.69 Å². The van der Waals surface area contributed by atoms with Crippen molar-refractivity contribution in [2.24, 2.45) is 0 Å². The highest BCUT2D eigenvalue weighted by molar-refractivity contribution is 8.19. The van der Waals surface area contributed by atoms with Crippen molar-refractivity contribution in [1.82, 2.24) is 14.8 Å². The normalized spacial score (nSPS) is 14.5. The highest BCUT2D eigenvalue weighted by Crippen LogP contribution is 2.45. The second kappa shape index (κ2) is 7.73. The highest BCUT2D eigenvalue weighted by atomic mass is 35.5. The van der Waals surface area contributed by atoms with Crippen molar-refractivity contribution in [3.8, 4) is 5.69 Å². The molecular formula is C18H15ClN4OS2. The van der Waals surface area contributed by atoms with Crippen LogP contribution in [-0.2, 0) is 0 Å². The molecule has 0 unspecified atom stereocenters. The van der Waals surface area contributed by atoms with E-state index in [1.807, 2.05) is 47.8 Å². The first-order valence-corrected chi connectivity index (χ1v) is 10.5. The van der Waals surface area contributed by atoms with Crippen LogP contribution in [0, 0.1) is 0 Å². The average Bonchev–Trinajstić information content (AvgIpc) is 3.36. The van der Waals surface area contributed by atoms with Gasteiger partial charge in [0.05, 0.1) is 16.0 Å². The van der Waals surface area contributed by atoms with Gasteiger partial charge in [-0.15, -0.1) is 23.5 Å². The summed E-state index contributed by atoms with van der Waals surface area (Å²) >= 11 is 9.99. The molecule has 0 atom stereocenters. The van der Waals surface area contributed by atoms with E-state index >= 15 is 0 Å². The number of nitrogens with one attached hydrogen (secondary N) is 1. The third-order valence-electron chi connectivity index (χ3n) is 3.94. The zero-order valence-electron chi connectivity index (χ0n) is 13.6. The number of halogens is 1. The van der Waals surface area contributed by atoms with Crippen molar-refractivity contribution in [3.63, 3.8) is 0 Å². The number of hydrogen-bond donors (Lipinski definition) is 1. The number of hydrogen-bond acceptors (Lipinski definition) is 5. The van der Waals surface area contributed by atoms with E-state index in [0.29, 0.717) is 26.5 Å². The lowest BCUT2D eigenvalue weighted by Gasteiger charge is -2.12. The molecule has 3 aromatic rings. The summed E-state index contributed by atoms with van der Waals surface area (Å²) in [6.07, 6.45) is 3.02. The molecule has 5 nitrogen and oxygen atoms in total. The van der Waals surface area contributed by atoms with Crippen molar-refractivity contribution in [3.05, 3.63) is 71.3 Å². The third kappa shape index (κ3) is 3.75. The van der Waals surface area contributed by atoms with Crippen LogP contribution in [0.25, 0.3) is 5.69 Å². The van der Waals surface area contributed by atoms with Gasteiger partial charge in [0.15, 0.2) is 0 Å². The monoisotopic (exact) mass is 402 g/mol. The smallest absolute Gasteiger partial charge is 0.255 e. The second-order valence-corrected chi connectivity index (χ2v) is 8.81. The lowest BCUT2D eigenvalue weighted by Crippen LogP contribution is -2.14. The Bertz CT molecular complexity index is 909. The number of amides is 1. The van der Waals surface area contributed by atoms with Gasteiger partial charge in [0.1, 0.15) is 12.7 Å². The molecule has 1 aliphatic rings. The second-order valence-electron chi connectivity index (χ2n) is 5.65. The van der Waals surface area contributed by atoms with Gasteiger partial charge in [0.2, 0.25) is 0 Å². The van der Waals surface area contributed by atoms with Gasteiger partial charge in [-0.25, -0.2) is 9.67 Å².